The molecule has 5 heteroatoms. The summed E-state index contributed by atoms with van der Waals surface area (Å²) in [4.78, 5) is 25.7. The van der Waals surface area contributed by atoms with Crippen LogP contribution >= 0.6 is 0 Å². The molecule has 5 nitrogen and oxygen atoms in total. The van der Waals surface area contributed by atoms with Crippen LogP contribution in [0, 0.1) is 5.41 Å². The van der Waals surface area contributed by atoms with E-state index in [0.717, 1.165) is 32.2 Å². The predicted molar refractivity (Wildman–Crippen MR) is 75.5 cm³/mol. The lowest BCUT2D eigenvalue weighted by Gasteiger charge is -2.39. The van der Waals surface area contributed by atoms with Crippen molar-refractivity contribution < 1.29 is 9.59 Å². The van der Waals surface area contributed by atoms with Crippen molar-refractivity contribution in [1.29, 1.82) is 0 Å². The Bertz CT molecular complexity index is 318. The topological polar surface area (TPSA) is 75.4 Å². The summed E-state index contributed by atoms with van der Waals surface area (Å²) in [5.41, 5.74) is 5.40. The highest BCUT2D eigenvalue weighted by molar-refractivity contribution is 5.83. The van der Waals surface area contributed by atoms with Crippen molar-refractivity contribution in [2.24, 2.45) is 11.1 Å². The maximum absolute atomic E-state index is 12.7. The van der Waals surface area contributed by atoms with Gasteiger partial charge in [-0.1, -0.05) is 13.8 Å². The molecule has 0 bridgehead atoms. The van der Waals surface area contributed by atoms with Crippen LogP contribution in [0.15, 0.2) is 0 Å². The van der Waals surface area contributed by atoms with E-state index in [2.05, 4.69) is 5.32 Å². The van der Waals surface area contributed by atoms with E-state index in [4.69, 9.17) is 5.73 Å². The number of piperidine rings is 1. The number of nitrogens with one attached hydrogen (secondary N) is 1. The number of nitrogens with two attached hydrogens (primary N) is 1. The number of amides is 2. The van der Waals surface area contributed by atoms with Gasteiger partial charge in [-0.2, -0.15) is 0 Å². The van der Waals surface area contributed by atoms with Crippen molar-refractivity contribution in [3.63, 3.8) is 0 Å². The molecule has 2 amide bonds. The molecule has 0 aliphatic carbocycles. The van der Waals surface area contributed by atoms with Gasteiger partial charge in [-0.15, -0.1) is 0 Å². The monoisotopic (exact) mass is 269 g/mol. The summed E-state index contributed by atoms with van der Waals surface area (Å²) in [6.45, 7) is 7.33. The van der Waals surface area contributed by atoms with Gasteiger partial charge in [0.15, 0.2) is 0 Å². The average molecular weight is 269 g/mol. The maximum atomic E-state index is 12.7. The zero-order chi connectivity index (χ0) is 14.5. The number of rotatable bonds is 5. The number of carbonyl (C=O) groups excluding carboxylic acids is 2. The molecule has 1 saturated heterocycles. The molecule has 1 aliphatic heterocycles. The third kappa shape index (κ3) is 3.69. The van der Waals surface area contributed by atoms with E-state index < -0.39 is 5.41 Å². The fraction of sp³-hybridized carbons (Fsp3) is 0.857. The van der Waals surface area contributed by atoms with Crippen molar-refractivity contribution >= 4 is 11.8 Å². The summed E-state index contributed by atoms with van der Waals surface area (Å²) in [7, 11) is 0. The highest BCUT2D eigenvalue weighted by Crippen LogP contribution is 2.29. The lowest BCUT2D eigenvalue weighted by molar-refractivity contribution is -0.144. The smallest absolute Gasteiger partial charge is 0.230 e. The highest BCUT2D eigenvalue weighted by Gasteiger charge is 2.38. The molecule has 1 fully saturated rings. The van der Waals surface area contributed by atoms with E-state index in [9.17, 15) is 9.59 Å². The summed E-state index contributed by atoms with van der Waals surface area (Å²) < 4.78 is 0. The number of carbonyl (C=O) groups is 2. The Labute approximate surface area is 115 Å². The molecule has 1 heterocycles. The van der Waals surface area contributed by atoms with Gasteiger partial charge in [-0.3, -0.25) is 9.59 Å². The van der Waals surface area contributed by atoms with Gasteiger partial charge in [-0.05, 0) is 25.7 Å². The van der Waals surface area contributed by atoms with Gasteiger partial charge in [0, 0.05) is 32.6 Å². The Hall–Kier alpha value is -1.10. The quantitative estimate of drug-likeness (QED) is 0.778. The molecule has 19 heavy (non-hydrogen) atoms. The lowest BCUT2D eigenvalue weighted by atomic mass is 9.80. The van der Waals surface area contributed by atoms with Crippen LogP contribution in [0.25, 0.3) is 0 Å². The van der Waals surface area contributed by atoms with Crippen LogP contribution < -0.4 is 11.1 Å². The van der Waals surface area contributed by atoms with E-state index in [0.29, 0.717) is 13.1 Å². The van der Waals surface area contributed by atoms with Crippen molar-refractivity contribution in [2.75, 3.05) is 19.6 Å². The van der Waals surface area contributed by atoms with Gasteiger partial charge >= 0.3 is 0 Å². The molecule has 0 spiro atoms. The van der Waals surface area contributed by atoms with Gasteiger partial charge in [0.25, 0.3) is 0 Å². The second-order valence-electron chi connectivity index (χ2n) is 5.48. The largest absolute Gasteiger partial charge is 0.352 e. The Kier molecular flexibility index (Phi) is 5.79. The minimum absolute atomic E-state index is 0.0321. The third-order valence-electron chi connectivity index (χ3n) is 4.31. The molecule has 110 valence electrons. The molecule has 1 rings (SSSR count). The first kappa shape index (κ1) is 16.0. The normalized spacial score (nSPS) is 20.2. The molecular weight excluding hydrogens is 242 g/mol. The SMILES string of the molecule is CCC(CC)(CN)C(=O)N1CCCC(NC(C)=O)C1. The van der Waals surface area contributed by atoms with Gasteiger partial charge < -0.3 is 16.0 Å². The zero-order valence-electron chi connectivity index (χ0n) is 12.4. The van der Waals surface area contributed by atoms with Gasteiger partial charge in [-0.25, -0.2) is 0 Å². The van der Waals surface area contributed by atoms with Crippen LogP contribution in [-0.2, 0) is 9.59 Å². The van der Waals surface area contributed by atoms with Gasteiger partial charge in [0.2, 0.25) is 11.8 Å². The van der Waals surface area contributed by atoms with Crippen molar-refractivity contribution in [3.8, 4) is 0 Å². The van der Waals surface area contributed by atoms with Crippen molar-refractivity contribution in [2.45, 2.75) is 52.5 Å². The summed E-state index contributed by atoms with van der Waals surface area (Å²) >= 11 is 0. The second kappa shape index (κ2) is 6.89. The molecule has 0 aromatic rings. The Morgan fingerprint density at radius 3 is 2.47 bits per heavy atom. The van der Waals surface area contributed by atoms with E-state index in [-0.39, 0.29) is 17.9 Å². The van der Waals surface area contributed by atoms with Crippen molar-refractivity contribution in [3.05, 3.63) is 0 Å². The minimum atomic E-state index is -0.432. The number of hydrogen-bond donors (Lipinski definition) is 2. The molecule has 0 radical (unpaired) electrons. The van der Waals surface area contributed by atoms with Crippen LogP contribution in [0.5, 0.6) is 0 Å². The summed E-state index contributed by atoms with van der Waals surface area (Å²) in [5, 5.41) is 2.91. The second-order valence-corrected chi connectivity index (χ2v) is 5.48. The van der Waals surface area contributed by atoms with Crippen LogP contribution in [-0.4, -0.2) is 42.4 Å². The van der Waals surface area contributed by atoms with Crippen LogP contribution in [0.1, 0.15) is 46.5 Å². The Morgan fingerprint density at radius 2 is 2.00 bits per heavy atom. The third-order valence-corrected chi connectivity index (χ3v) is 4.31. The number of likely N-dealkylation sites (tertiary alicyclic amines) is 1. The van der Waals surface area contributed by atoms with Crippen LogP contribution in [0.4, 0.5) is 0 Å². The molecule has 0 aromatic carbocycles. The van der Waals surface area contributed by atoms with E-state index in [1.165, 1.54) is 6.92 Å². The maximum Gasteiger partial charge on any atom is 0.230 e. The first-order chi connectivity index (χ1) is 8.99. The van der Waals surface area contributed by atoms with Crippen LogP contribution in [0.3, 0.4) is 0 Å². The fourth-order valence-electron chi connectivity index (χ4n) is 2.83. The zero-order valence-corrected chi connectivity index (χ0v) is 12.4. The van der Waals surface area contributed by atoms with Gasteiger partial charge in [0.05, 0.1) is 5.41 Å². The molecule has 1 unspecified atom stereocenters. The van der Waals surface area contributed by atoms with Crippen LogP contribution in [0.2, 0.25) is 0 Å². The predicted octanol–water partition coefficient (Wildman–Crippen LogP) is 0.879. The molecule has 0 saturated carbocycles. The first-order valence-electron chi connectivity index (χ1n) is 7.25. The molecule has 1 atom stereocenters. The minimum Gasteiger partial charge on any atom is -0.352 e. The van der Waals surface area contributed by atoms with E-state index >= 15 is 0 Å². The van der Waals surface area contributed by atoms with Crippen molar-refractivity contribution in [1.82, 2.24) is 10.2 Å². The van der Waals surface area contributed by atoms with Gasteiger partial charge in [0.1, 0.15) is 0 Å². The lowest BCUT2D eigenvalue weighted by Crippen LogP contribution is -2.54. The molecule has 3 N–H and O–H groups in total. The summed E-state index contributed by atoms with van der Waals surface area (Å²) in [6, 6.07) is 0.0828. The summed E-state index contributed by atoms with van der Waals surface area (Å²) in [6.07, 6.45) is 3.41. The standard InChI is InChI=1S/C14H27N3O2/c1-4-14(5-2,10-15)13(19)17-8-6-7-12(9-17)16-11(3)18/h12H,4-10,15H2,1-3H3,(H,16,18). The first-order valence-corrected chi connectivity index (χ1v) is 7.25. The highest BCUT2D eigenvalue weighted by atomic mass is 16.2. The Balaban J connectivity index is 2.73. The molecule has 1 aliphatic rings. The number of hydrogen-bond acceptors (Lipinski definition) is 3. The van der Waals surface area contributed by atoms with E-state index in [1.54, 1.807) is 0 Å². The average Bonchev–Trinajstić information content (AvgIpc) is 2.40. The molecular formula is C14H27N3O2. The Morgan fingerprint density at radius 1 is 1.37 bits per heavy atom. The fourth-order valence-corrected chi connectivity index (χ4v) is 2.83. The summed E-state index contributed by atoms with van der Waals surface area (Å²) in [5.74, 6) is 0.116. The number of nitrogens with zero attached hydrogens (tertiary/aromatic N) is 1. The molecule has 0 aromatic heterocycles. The van der Waals surface area contributed by atoms with E-state index in [1.807, 2.05) is 18.7 Å².